The second kappa shape index (κ2) is 13.6. The highest BCUT2D eigenvalue weighted by atomic mass is 15.0. The van der Waals surface area contributed by atoms with E-state index in [4.69, 9.17) is 15.0 Å². The topological polar surface area (TPSA) is 43.6 Å². The van der Waals surface area contributed by atoms with Crippen LogP contribution in [0.3, 0.4) is 0 Å². The zero-order chi connectivity index (χ0) is 37.7. The van der Waals surface area contributed by atoms with E-state index < -0.39 is 0 Å². The molecule has 0 bridgehead atoms. The minimum atomic E-state index is 0.635. The third kappa shape index (κ3) is 5.83. The lowest BCUT2D eigenvalue weighted by molar-refractivity contribution is 1.07. The summed E-state index contributed by atoms with van der Waals surface area (Å²) < 4.78 is 2.40. The van der Waals surface area contributed by atoms with Crippen LogP contribution in [-0.4, -0.2) is 19.5 Å². The van der Waals surface area contributed by atoms with Crippen molar-refractivity contribution in [3.63, 3.8) is 0 Å². The van der Waals surface area contributed by atoms with Gasteiger partial charge in [0.05, 0.1) is 11.0 Å². The van der Waals surface area contributed by atoms with E-state index in [0.717, 1.165) is 44.5 Å². The largest absolute Gasteiger partial charge is 0.309 e. The molecule has 0 unspecified atom stereocenters. The number of aromatic nitrogens is 4. The van der Waals surface area contributed by atoms with Gasteiger partial charge in [0.2, 0.25) is 0 Å². The molecule has 0 aliphatic rings. The van der Waals surface area contributed by atoms with E-state index in [-0.39, 0.29) is 0 Å². The van der Waals surface area contributed by atoms with Gasteiger partial charge in [-0.3, -0.25) is 0 Å². The predicted octanol–water partition coefficient (Wildman–Crippen LogP) is 13.6. The van der Waals surface area contributed by atoms with Crippen LogP contribution in [0.4, 0.5) is 0 Å². The highest BCUT2D eigenvalue weighted by Crippen LogP contribution is 2.37. The van der Waals surface area contributed by atoms with Crippen molar-refractivity contribution in [1.82, 2.24) is 19.5 Å². The number of benzene rings is 9. The minimum Gasteiger partial charge on any atom is -0.309 e. The Labute approximate surface area is 330 Å². The Morgan fingerprint density at radius 3 is 1.40 bits per heavy atom. The zero-order valence-corrected chi connectivity index (χ0v) is 30.9. The molecule has 2 aromatic heterocycles. The zero-order valence-electron chi connectivity index (χ0n) is 30.9. The number of nitrogens with zero attached hydrogens (tertiary/aromatic N) is 4. The van der Waals surface area contributed by atoms with Crippen molar-refractivity contribution in [2.24, 2.45) is 0 Å². The predicted molar refractivity (Wildman–Crippen MR) is 236 cm³/mol. The molecule has 0 aliphatic heterocycles. The van der Waals surface area contributed by atoms with Crippen LogP contribution in [0.1, 0.15) is 0 Å². The van der Waals surface area contributed by atoms with Crippen molar-refractivity contribution in [1.29, 1.82) is 0 Å². The first-order chi connectivity index (χ1) is 28.2. The first-order valence-electron chi connectivity index (χ1n) is 19.3. The van der Waals surface area contributed by atoms with E-state index in [1.54, 1.807) is 0 Å². The van der Waals surface area contributed by atoms with Crippen molar-refractivity contribution >= 4 is 43.4 Å². The second-order valence-electron chi connectivity index (χ2n) is 14.5. The Bertz CT molecular complexity index is 3260. The molecular formula is C53H34N4. The molecule has 4 heteroatoms. The standard InChI is InChI=1S/C53H34N4/c1-2-10-35(11-3-1)37-18-23-41(24-19-37)51-54-52(56-53(55-51)44-27-22-36-12-4-5-14-43(36)34-44)42-25-20-38(21-26-42)39-28-31-45(32-29-39)57-49-17-9-8-16-47(49)48-33-30-40-13-6-7-15-46(40)50(48)57/h1-34H. The first-order valence-corrected chi connectivity index (χ1v) is 19.3. The van der Waals surface area contributed by atoms with Crippen LogP contribution in [0.5, 0.6) is 0 Å². The maximum Gasteiger partial charge on any atom is 0.164 e. The highest BCUT2D eigenvalue weighted by molar-refractivity contribution is 6.18. The van der Waals surface area contributed by atoms with Gasteiger partial charge in [-0.25, -0.2) is 15.0 Å². The van der Waals surface area contributed by atoms with Crippen LogP contribution in [-0.2, 0) is 0 Å². The third-order valence-electron chi connectivity index (χ3n) is 11.1. The first kappa shape index (κ1) is 32.7. The molecule has 0 spiro atoms. The number of hydrogen-bond acceptors (Lipinski definition) is 3. The Balaban J connectivity index is 0.961. The maximum absolute atomic E-state index is 5.06. The van der Waals surface area contributed by atoms with Gasteiger partial charge in [-0.1, -0.05) is 182 Å². The normalized spacial score (nSPS) is 11.5. The highest BCUT2D eigenvalue weighted by Gasteiger charge is 2.16. The quantitative estimate of drug-likeness (QED) is 0.171. The van der Waals surface area contributed by atoms with Crippen molar-refractivity contribution in [3.05, 3.63) is 206 Å². The molecule has 57 heavy (non-hydrogen) atoms. The van der Waals surface area contributed by atoms with E-state index in [0.29, 0.717) is 17.5 Å². The molecule has 0 amide bonds. The van der Waals surface area contributed by atoms with Crippen molar-refractivity contribution in [3.8, 4) is 62.1 Å². The number of para-hydroxylation sites is 1. The molecule has 266 valence electrons. The molecule has 2 heterocycles. The average Bonchev–Trinajstić information content (AvgIpc) is 3.64. The molecule has 9 aromatic carbocycles. The molecule has 0 fully saturated rings. The van der Waals surface area contributed by atoms with Gasteiger partial charge in [0.25, 0.3) is 0 Å². The SMILES string of the molecule is c1ccc(-c2ccc(-c3nc(-c4ccc(-c5ccc(-n6c7ccccc7c7ccc8ccccc8c76)cc5)cc4)nc(-c4ccc5ccccc5c4)n3)cc2)cc1. The molecule has 0 N–H and O–H groups in total. The Kier molecular flexibility index (Phi) is 7.78. The van der Waals surface area contributed by atoms with Crippen molar-refractivity contribution < 1.29 is 0 Å². The fourth-order valence-electron chi connectivity index (χ4n) is 8.15. The van der Waals surface area contributed by atoms with E-state index in [1.165, 1.54) is 43.5 Å². The summed E-state index contributed by atoms with van der Waals surface area (Å²) in [6, 6.07) is 72.9. The fraction of sp³-hybridized carbons (Fsp3) is 0. The van der Waals surface area contributed by atoms with Gasteiger partial charge in [-0.15, -0.1) is 0 Å². The average molecular weight is 727 g/mol. The summed E-state index contributed by atoms with van der Waals surface area (Å²) >= 11 is 0. The molecule has 0 aliphatic carbocycles. The monoisotopic (exact) mass is 726 g/mol. The molecular weight excluding hydrogens is 693 g/mol. The summed E-state index contributed by atoms with van der Waals surface area (Å²) in [6.45, 7) is 0. The Morgan fingerprint density at radius 2 is 0.737 bits per heavy atom. The number of rotatable bonds is 6. The van der Waals surface area contributed by atoms with Crippen LogP contribution in [0.15, 0.2) is 206 Å². The summed E-state index contributed by atoms with van der Waals surface area (Å²) in [5.41, 5.74) is 11.0. The molecule has 0 saturated carbocycles. The molecule has 0 saturated heterocycles. The Hall–Kier alpha value is -7.69. The lowest BCUT2D eigenvalue weighted by atomic mass is 10.0. The lowest BCUT2D eigenvalue weighted by Gasteiger charge is -2.12. The van der Waals surface area contributed by atoms with Crippen LogP contribution < -0.4 is 0 Å². The van der Waals surface area contributed by atoms with Crippen LogP contribution in [0.25, 0.3) is 105 Å². The minimum absolute atomic E-state index is 0.635. The molecule has 0 radical (unpaired) electrons. The van der Waals surface area contributed by atoms with Crippen LogP contribution in [0, 0.1) is 0 Å². The van der Waals surface area contributed by atoms with E-state index in [9.17, 15) is 0 Å². The summed E-state index contributed by atoms with van der Waals surface area (Å²) in [4.78, 5) is 15.1. The third-order valence-corrected chi connectivity index (χ3v) is 11.1. The molecule has 4 nitrogen and oxygen atoms in total. The van der Waals surface area contributed by atoms with Gasteiger partial charge >= 0.3 is 0 Å². The van der Waals surface area contributed by atoms with Gasteiger partial charge in [0, 0.05) is 38.5 Å². The molecule has 11 aromatic rings. The Morgan fingerprint density at radius 1 is 0.281 bits per heavy atom. The summed E-state index contributed by atoms with van der Waals surface area (Å²) in [5.74, 6) is 1.92. The summed E-state index contributed by atoms with van der Waals surface area (Å²) in [7, 11) is 0. The molecule has 0 atom stereocenters. The number of hydrogen-bond donors (Lipinski definition) is 0. The van der Waals surface area contributed by atoms with Gasteiger partial charge in [0.1, 0.15) is 0 Å². The number of fused-ring (bicyclic) bond motifs is 6. The second-order valence-corrected chi connectivity index (χ2v) is 14.5. The fourth-order valence-corrected chi connectivity index (χ4v) is 8.15. The van der Waals surface area contributed by atoms with E-state index in [1.807, 2.05) is 6.07 Å². The van der Waals surface area contributed by atoms with Gasteiger partial charge in [-0.2, -0.15) is 0 Å². The van der Waals surface area contributed by atoms with Crippen LogP contribution >= 0.6 is 0 Å². The smallest absolute Gasteiger partial charge is 0.164 e. The van der Waals surface area contributed by atoms with Gasteiger partial charge in [0.15, 0.2) is 17.5 Å². The molecule has 11 rings (SSSR count). The van der Waals surface area contributed by atoms with Crippen molar-refractivity contribution in [2.75, 3.05) is 0 Å². The lowest BCUT2D eigenvalue weighted by Crippen LogP contribution is -2.00. The van der Waals surface area contributed by atoms with E-state index >= 15 is 0 Å². The maximum atomic E-state index is 5.06. The summed E-state index contributed by atoms with van der Waals surface area (Å²) in [6.07, 6.45) is 0. The van der Waals surface area contributed by atoms with Gasteiger partial charge < -0.3 is 4.57 Å². The van der Waals surface area contributed by atoms with Gasteiger partial charge in [-0.05, 0) is 62.7 Å². The summed E-state index contributed by atoms with van der Waals surface area (Å²) in [5, 5.41) is 7.33. The van der Waals surface area contributed by atoms with E-state index in [2.05, 4.69) is 205 Å². The van der Waals surface area contributed by atoms with Crippen LogP contribution in [0.2, 0.25) is 0 Å². The van der Waals surface area contributed by atoms with Crippen molar-refractivity contribution in [2.45, 2.75) is 0 Å².